The number of non-ortho nitro benzene ring substituents is 1. The highest BCUT2D eigenvalue weighted by atomic mass is 35.5. The molecule has 0 bridgehead atoms. The first kappa shape index (κ1) is 24.3. The fraction of sp³-hybridized carbons (Fsp3) is 0.350. The number of rotatable bonds is 10. The second-order valence-corrected chi connectivity index (χ2v) is 7.00. The van der Waals surface area contributed by atoms with Crippen molar-refractivity contribution in [3.8, 4) is 11.5 Å². The third kappa shape index (κ3) is 6.76. The molecular weight excluding hydrogens is 436 g/mol. The number of alkyl halides is 2. The van der Waals surface area contributed by atoms with Crippen molar-refractivity contribution < 1.29 is 28.0 Å². The van der Waals surface area contributed by atoms with Gasteiger partial charge in [0.15, 0.2) is 11.5 Å². The molecule has 2 rings (SSSR count). The number of likely N-dealkylation sites (N-methyl/N-ethyl adjacent to an activating group) is 1. The van der Waals surface area contributed by atoms with Crippen LogP contribution in [0.5, 0.6) is 11.5 Å². The molecule has 31 heavy (non-hydrogen) atoms. The molecule has 2 aromatic rings. The van der Waals surface area contributed by atoms with Gasteiger partial charge in [0.1, 0.15) is 0 Å². The molecule has 0 radical (unpaired) electrons. The van der Waals surface area contributed by atoms with E-state index in [9.17, 15) is 23.7 Å². The van der Waals surface area contributed by atoms with E-state index in [1.807, 2.05) is 0 Å². The van der Waals surface area contributed by atoms with Crippen molar-refractivity contribution in [2.45, 2.75) is 33.0 Å². The molecule has 11 heteroatoms. The van der Waals surface area contributed by atoms with E-state index in [0.717, 1.165) is 11.6 Å². The van der Waals surface area contributed by atoms with Crippen molar-refractivity contribution in [1.82, 2.24) is 4.90 Å². The number of ether oxygens (including phenoxy) is 2. The molecule has 0 heterocycles. The van der Waals surface area contributed by atoms with E-state index >= 15 is 0 Å². The second kappa shape index (κ2) is 10.9. The summed E-state index contributed by atoms with van der Waals surface area (Å²) in [6, 6.07) is 7.74. The van der Waals surface area contributed by atoms with Crippen molar-refractivity contribution in [2.75, 3.05) is 19.0 Å². The van der Waals surface area contributed by atoms with E-state index in [1.54, 1.807) is 37.9 Å². The van der Waals surface area contributed by atoms with Gasteiger partial charge in [-0.15, -0.1) is 0 Å². The van der Waals surface area contributed by atoms with Crippen molar-refractivity contribution >= 4 is 28.9 Å². The average Bonchev–Trinajstić information content (AvgIpc) is 2.70. The van der Waals surface area contributed by atoms with Crippen molar-refractivity contribution in [3.05, 3.63) is 57.1 Å². The van der Waals surface area contributed by atoms with E-state index in [2.05, 4.69) is 10.1 Å². The maximum Gasteiger partial charge on any atom is 0.387 e. The molecule has 0 fully saturated rings. The lowest BCUT2D eigenvalue weighted by molar-refractivity contribution is -0.384. The van der Waals surface area contributed by atoms with Crippen molar-refractivity contribution in [1.29, 1.82) is 0 Å². The van der Waals surface area contributed by atoms with Gasteiger partial charge in [-0.3, -0.25) is 19.8 Å². The number of nitro groups is 1. The lowest BCUT2D eigenvalue weighted by atomic mass is 10.1. The van der Waals surface area contributed by atoms with Gasteiger partial charge in [-0.05, 0) is 44.7 Å². The van der Waals surface area contributed by atoms with Gasteiger partial charge in [-0.25, -0.2) is 0 Å². The van der Waals surface area contributed by atoms with Gasteiger partial charge in [-0.1, -0.05) is 17.7 Å². The third-order valence-corrected chi connectivity index (χ3v) is 4.73. The first-order valence-electron chi connectivity index (χ1n) is 9.28. The van der Waals surface area contributed by atoms with E-state index in [-0.39, 0.29) is 40.4 Å². The smallest absolute Gasteiger partial charge is 0.387 e. The SMILES string of the molecule is CCOc1cc(CN(C)C(C)C(=O)Nc2ccc([N+](=O)[O-])cc2Cl)ccc1OC(F)F. The molecule has 0 aliphatic carbocycles. The summed E-state index contributed by atoms with van der Waals surface area (Å²) in [4.78, 5) is 24.5. The summed E-state index contributed by atoms with van der Waals surface area (Å²) >= 11 is 6.02. The summed E-state index contributed by atoms with van der Waals surface area (Å²) in [5, 5.41) is 13.5. The molecule has 1 atom stereocenters. The highest BCUT2D eigenvalue weighted by Crippen LogP contribution is 2.31. The second-order valence-electron chi connectivity index (χ2n) is 6.59. The van der Waals surface area contributed by atoms with Crippen LogP contribution in [0.25, 0.3) is 0 Å². The summed E-state index contributed by atoms with van der Waals surface area (Å²) in [5.74, 6) is -0.258. The number of hydrogen-bond acceptors (Lipinski definition) is 6. The quantitative estimate of drug-likeness (QED) is 0.410. The number of amides is 1. The Labute approximate surface area is 182 Å². The Morgan fingerprint density at radius 1 is 1.26 bits per heavy atom. The molecular formula is C20H22ClF2N3O5. The maximum atomic E-state index is 12.6. The van der Waals surface area contributed by atoms with Crippen LogP contribution in [0.2, 0.25) is 5.02 Å². The zero-order valence-electron chi connectivity index (χ0n) is 17.1. The van der Waals surface area contributed by atoms with Crippen LogP contribution in [0.4, 0.5) is 20.2 Å². The number of hydrogen-bond donors (Lipinski definition) is 1. The molecule has 0 saturated carbocycles. The molecule has 2 aromatic carbocycles. The number of anilines is 1. The highest BCUT2D eigenvalue weighted by molar-refractivity contribution is 6.34. The van der Waals surface area contributed by atoms with E-state index in [4.69, 9.17) is 16.3 Å². The largest absolute Gasteiger partial charge is 0.490 e. The summed E-state index contributed by atoms with van der Waals surface area (Å²) in [6.07, 6.45) is 0. The van der Waals surface area contributed by atoms with Crippen LogP contribution in [-0.2, 0) is 11.3 Å². The maximum absolute atomic E-state index is 12.6. The summed E-state index contributed by atoms with van der Waals surface area (Å²) in [5.41, 5.74) is 0.794. The predicted octanol–water partition coefficient (Wildman–Crippen LogP) is 4.71. The van der Waals surface area contributed by atoms with Gasteiger partial charge in [0.25, 0.3) is 5.69 Å². The van der Waals surface area contributed by atoms with Gasteiger partial charge in [0, 0.05) is 18.7 Å². The molecule has 0 aromatic heterocycles. The lowest BCUT2D eigenvalue weighted by Crippen LogP contribution is -2.39. The zero-order chi connectivity index (χ0) is 23.1. The Balaban J connectivity index is 2.07. The minimum Gasteiger partial charge on any atom is -0.490 e. The van der Waals surface area contributed by atoms with Crippen molar-refractivity contribution in [3.63, 3.8) is 0 Å². The highest BCUT2D eigenvalue weighted by Gasteiger charge is 2.21. The van der Waals surface area contributed by atoms with Crippen LogP contribution < -0.4 is 14.8 Å². The van der Waals surface area contributed by atoms with Crippen LogP contribution in [0, 0.1) is 10.1 Å². The number of carbonyl (C=O) groups is 1. The summed E-state index contributed by atoms with van der Waals surface area (Å²) < 4.78 is 34.9. The van der Waals surface area contributed by atoms with Crippen LogP contribution >= 0.6 is 11.6 Å². The van der Waals surface area contributed by atoms with Crippen LogP contribution in [0.15, 0.2) is 36.4 Å². The first-order valence-corrected chi connectivity index (χ1v) is 9.65. The van der Waals surface area contributed by atoms with Gasteiger partial charge >= 0.3 is 6.61 Å². The van der Waals surface area contributed by atoms with Gasteiger partial charge < -0.3 is 14.8 Å². The number of nitrogens with one attached hydrogen (secondary N) is 1. The Morgan fingerprint density at radius 3 is 2.55 bits per heavy atom. The van der Waals surface area contributed by atoms with Gasteiger partial charge in [-0.2, -0.15) is 8.78 Å². The normalized spacial score (nSPS) is 12.0. The number of nitro benzene ring substituents is 1. The minimum absolute atomic E-state index is 0.0494. The summed E-state index contributed by atoms with van der Waals surface area (Å²) in [6.45, 7) is 1.01. The third-order valence-electron chi connectivity index (χ3n) is 4.42. The standard InChI is InChI=1S/C20H22ClF2N3O5/c1-4-30-18-9-13(5-8-17(18)31-20(22)23)11-25(3)12(2)19(27)24-16-7-6-14(26(28)29)10-15(16)21/h5-10,12,20H,4,11H2,1-3H3,(H,24,27). The Kier molecular flexibility index (Phi) is 8.52. The molecule has 0 spiro atoms. The lowest BCUT2D eigenvalue weighted by Gasteiger charge is -2.24. The molecule has 8 nitrogen and oxygen atoms in total. The molecule has 1 N–H and O–H groups in total. The number of nitrogens with zero attached hydrogens (tertiary/aromatic N) is 2. The molecule has 1 unspecified atom stereocenters. The first-order chi connectivity index (χ1) is 14.6. The molecule has 0 saturated heterocycles. The molecule has 1 amide bonds. The topological polar surface area (TPSA) is 93.9 Å². The molecule has 168 valence electrons. The van der Waals surface area contributed by atoms with Crippen molar-refractivity contribution in [2.24, 2.45) is 0 Å². The zero-order valence-corrected chi connectivity index (χ0v) is 17.9. The minimum atomic E-state index is -2.97. The fourth-order valence-electron chi connectivity index (χ4n) is 2.69. The summed E-state index contributed by atoms with van der Waals surface area (Å²) in [7, 11) is 1.71. The fourth-order valence-corrected chi connectivity index (χ4v) is 2.92. The monoisotopic (exact) mass is 457 g/mol. The van der Waals surface area contributed by atoms with E-state index in [1.165, 1.54) is 18.2 Å². The number of halogens is 3. The Hall–Kier alpha value is -2.98. The van der Waals surface area contributed by atoms with Gasteiger partial charge in [0.05, 0.1) is 28.3 Å². The van der Waals surface area contributed by atoms with Crippen LogP contribution in [0.1, 0.15) is 19.4 Å². The Morgan fingerprint density at radius 2 is 1.97 bits per heavy atom. The molecule has 0 aliphatic rings. The van der Waals surface area contributed by atoms with E-state index in [0.29, 0.717) is 6.54 Å². The van der Waals surface area contributed by atoms with Crippen LogP contribution in [-0.4, -0.2) is 42.0 Å². The predicted molar refractivity (Wildman–Crippen MR) is 112 cm³/mol. The number of benzene rings is 2. The van der Waals surface area contributed by atoms with Gasteiger partial charge in [0.2, 0.25) is 5.91 Å². The molecule has 0 aliphatic heterocycles. The van der Waals surface area contributed by atoms with Crippen LogP contribution in [0.3, 0.4) is 0 Å². The van der Waals surface area contributed by atoms with E-state index < -0.39 is 17.6 Å². The number of carbonyl (C=O) groups excluding carboxylic acids is 1. The average molecular weight is 458 g/mol. The Bertz CT molecular complexity index is 945.